The third-order valence-electron chi connectivity index (χ3n) is 3.66. The number of nitriles is 1. The summed E-state index contributed by atoms with van der Waals surface area (Å²) in [5.74, 6) is 0. The Hall–Kier alpha value is -1.42. The van der Waals surface area contributed by atoms with E-state index in [0.717, 1.165) is 12.8 Å². The molecule has 1 N–H and O–H groups in total. The average molecular weight is 308 g/mol. The number of ether oxygens (including phenoxy) is 1. The molecule has 1 aromatic carbocycles. The summed E-state index contributed by atoms with van der Waals surface area (Å²) in [6, 6.07) is 6.60. The Morgan fingerprint density at radius 1 is 1.38 bits per heavy atom. The molecule has 2 rings (SSSR count). The summed E-state index contributed by atoms with van der Waals surface area (Å²) in [6.07, 6.45) is 4.79. The second kappa shape index (κ2) is 7.03. The maximum absolute atomic E-state index is 12.2. The van der Waals surface area contributed by atoms with E-state index in [1.807, 2.05) is 6.07 Å². The molecule has 0 heterocycles. The van der Waals surface area contributed by atoms with Gasteiger partial charge in [0.25, 0.3) is 0 Å². The third-order valence-corrected chi connectivity index (χ3v) is 5.26. The standard InChI is InChI=1S/C15H20N2O3S/c1-12-6-7-13(11-16)10-15(12)21(18,19)17-8-9-20-14-4-2-3-5-14/h6-7,10,14,17H,2-5,8-9H2,1H3. The lowest BCUT2D eigenvalue weighted by Gasteiger charge is -2.12. The number of aryl methyl sites for hydroxylation is 1. The van der Waals surface area contributed by atoms with Crippen molar-refractivity contribution in [2.24, 2.45) is 0 Å². The molecule has 0 spiro atoms. The van der Waals surface area contributed by atoms with Crippen molar-refractivity contribution in [2.45, 2.75) is 43.6 Å². The van der Waals surface area contributed by atoms with Gasteiger partial charge in [-0.3, -0.25) is 0 Å². The topological polar surface area (TPSA) is 79.2 Å². The average Bonchev–Trinajstić information content (AvgIpc) is 2.97. The molecule has 0 saturated heterocycles. The number of nitrogens with one attached hydrogen (secondary N) is 1. The first kappa shape index (κ1) is 16.0. The second-order valence-electron chi connectivity index (χ2n) is 5.27. The van der Waals surface area contributed by atoms with Crippen LogP contribution >= 0.6 is 0 Å². The lowest BCUT2D eigenvalue weighted by Crippen LogP contribution is -2.29. The first-order chi connectivity index (χ1) is 10.0. The number of benzene rings is 1. The van der Waals surface area contributed by atoms with Crippen LogP contribution in [-0.2, 0) is 14.8 Å². The Balaban J connectivity index is 1.93. The van der Waals surface area contributed by atoms with Gasteiger partial charge in [0.2, 0.25) is 10.0 Å². The van der Waals surface area contributed by atoms with E-state index < -0.39 is 10.0 Å². The Labute approximate surface area is 126 Å². The van der Waals surface area contributed by atoms with Gasteiger partial charge in [-0.1, -0.05) is 18.9 Å². The van der Waals surface area contributed by atoms with E-state index in [1.54, 1.807) is 19.1 Å². The Morgan fingerprint density at radius 2 is 2.10 bits per heavy atom. The van der Waals surface area contributed by atoms with Gasteiger partial charge in [0.05, 0.1) is 29.2 Å². The molecule has 21 heavy (non-hydrogen) atoms. The van der Waals surface area contributed by atoms with Crippen LogP contribution in [0.5, 0.6) is 0 Å². The Bertz CT molecular complexity index is 629. The maximum atomic E-state index is 12.2. The molecule has 0 atom stereocenters. The zero-order chi connectivity index (χ0) is 15.3. The van der Waals surface area contributed by atoms with Crippen molar-refractivity contribution >= 4 is 10.0 Å². The predicted octanol–water partition coefficient (Wildman–Crippen LogP) is 2.10. The van der Waals surface area contributed by atoms with Gasteiger partial charge in [0, 0.05) is 6.54 Å². The molecule has 1 aliphatic rings. The minimum Gasteiger partial charge on any atom is -0.377 e. The number of rotatable bonds is 6. The minimum absolute atomic E-state index is 0.155. The highest BCUT2D eigenvalue weighted by atomic mass is 32.2. The van der Waals surface area contributed by atoms with Crippen molar-refractivity contribution in [2.75, 3.05) is 13.2 Å². The molecule has 1 fully saturated rings. The smallest absolute Gasteiger partial charge is 0.240 e. The molecule has 0 bridgehead atoms. The van der Waals surface area contributed by atoms with Crippen molar-refractivity contribution in [3.63, 3.8) is 0 Å². The van der Waals surface area contributed by atoms with Gasteiger partial charge in [0.15, 0.2) is 0 Å². The lowest BCUT2D eigenvalue weighted by molar-refractivity contribution is 0.0626. The largest absolute Gasteiger partial charge is 0.377 e. The van der Waals surface area contributed by atoms with E-state index in [-0.39, 0.29) is 17.5 Å². The van der Waals surface area contributed by atoms with Crippen LogP contribution in [0, 0.1) is 18.3 Å². The fourth-order valence-electron chi connectivity index (χ4n) is 2.49. The van der Waals surface area contributed by atoms with Crippen LogP contribution in [0.1, 0.15) is 36.8 Å². The van der Waals surface area contributed by atoms with Crippen LogP contribution in [0.2, 0.25) is 0 Å². The molecule has 1 aromatic rings. The molecular formula is C15H20N2O3S. The van der Waals surface area contributed by atoms with E-state index in [4.69, 9.17) is 10.00 Å². The normalized spacial score (nSPS) is 16.0. The van der Waals surface area contributed by atoms with Crippen LogP contribution in [0.3, 0.4) is 0 Å². The summed E-state index contributed by atoms with van der Waals surface area (Å²) in [5.41, 5.74) is 0.960. The Morgan fingerprint density at radius 3 is 2.76 bits per heavy atom. The van der Waals surface area contributed by atoms with Gasteiger partial charge in [0.1, 0.15) is 0 Å². The molecule has 0 radical (unpaired) electrons. The zero-order valence-corrected chi connectivity index (χ0v) is 12.9. The van der Waals surface area contributed by atoms with Crippen molar-refractivity contribution in [3.8, 4) is 6.07 Å². The quantitative estimate of drug-likeness (QED) is 0.816. The zero-order valence-electron chi connectivity index (χ0n) is 12.1. The molecule has 1 saturated carbocycles. The summed E-state index contributed by atoms with van der Waals surface area (Å²) < 4.78 is 32.6. The molecule has 0 amide bonds. The van der Waals surface area contributed by atoms with Crippen LogP contribution in [0.15, 0.2) is 23.1 Å². The highest BCUT2D eigenvalue weighted by molar-refractivity contribution is 7.89. The van der Waals surface area contributed by atoms with Crippen LogP contribution in [-0.4, -0.2) is 27.7 Å². The van der Waals surface area contributed by atoms with Gasteiger partial charge in [-0.25, -0.2) is 13.1 Å². The number of hydrogen-bond acceptors (Lipinski definition) is 4. The highest BCUT2D eigenvalue weighted by Gasteiger charge is 2.18. The molecular weight excluding hydrogens is 288 g/mol. The van der Waals surface area contributed by atoms with Crippen molar-refractivity contribution in [1.29, 1.82) is 5.26 Å². The first-order valence-corrected chi connectivity index (χ1v) is 8.63. The molecule has 114 valence electrons. The van der Waals surface area contributed by atoms with Crippen LogP contribution < -0.4 is 4.72 Å². The maximum Gasteiger partial charge on any atom is 0.240 e. The summed E-state index contributed by atoms with van der Waals surface area (Å²) in [5, 5.41) is 8.87. The SMILES string of the molecule is Cc1ccc(C#N)cc1S(=O)(=O)NCCOC1CCCC1. The van der Waals surface area contributed by atoms with E-state index >= 15 is 0 Å². The van der Waals surface area contributed by atoms with Crippen LogP contribution in [0.25, 0.3) is 0 Å². The molecule has 1 aliphatic carbocycles. The molecule has 6 heteroatoms. The molecule has 5 nitrogen and oxygen atoms in total. The second-order valence-corrected chi connectivity index (χ2v) is 7.00. The monoisotopic (exact) mass is 308 g/mol. The highest BCUT2D eigenvalue weighted by Crippen LogP contribution is 2.20. The fraction of sp³-hybridized carbons (Fsp3) is 0.533. The van der Waals surface area contributed by atoms with E-state index in [9.17, 15) is 8.42 Å². The van der Waals surface area contributed by atoms with Crippen molar-refractivity contribution in [3.05, 3.63) is 29.3 Å². The summed E-state index contributed by atoms with van der Waals surface area (Å²) in [6.45, 7) is 2.33. The van der Waals surface area contributed by atoms with Gasteiger partial charge < -0.3 is 4.74 Å². The molecule has 0 unspecified atom stereocenters. The summed E-state index contributed by atoms with van der Waals surface area (Å²) in [4.78, 5) is 0.155. The van der Waals surface area contributed by atoms with Gasteiger partial charge in [-0.05, 0) is 37.5 Å². The van der Waals surface area contributed by atoms with Gasteiger partial charge in [-0.2, -0.15) is 5.26 Å². The summed E-state index contributed by atoms with van der Waals surface area (Å²) >= 11 is 0. The lowest BCUT2D eigenvalue weighted by atomic mass is 10.2. The third kappa shape index (κ3) is 4.27. The number of sulfonamides is 1. The van der Waals surface area contributed by atoms with Crippen molar-refractivity contribution < 1.29 is 13.2 Å². The number of hydrogen-bond donors (Lipinski definition) is 1. The summed E-state index contributed by atoms with van der Waals surface area (Å²) in [7, 11) is -3.60. The minimum atomic E-state index is -3.60. The molecule has 0 aromatic heterocycles. The number of nitrogens with zero attached hydrogens (tertiary/aromatic N) is 1. The van der Waals surface area contributed by atoms with Gasteiger partial charge in [-0.15, -0.1) is 0 Å². The first-order valence-electron chi connectivity index (χ1n) is 7.15. The van der Waals surface area contributed by atoms with E-state index in [0.29, 0.717) is 17.7 Å². The van der Waals surface area contributed by atoms with E-state index in [2.05, 4.69) is 4.72 Å². The van der Waals surface area contributed by atoms with Crippen LogP contribution in [0.4, 0.5) is 0 Å². The van der Waals surface area contributed by atoms with Gasteiger partial charge >= 0.3 is 0 Å². The van der Waals surface area contributed by atoms with E-state index in [1.165, 1.54) is 18.9 Å². The fourth-order valence-corrected chi connectivity index (χ4v) is 3.78. The molecule has 0 aliphatic heterocycles. The Kier molecular flexibility index (Phi) is 5.34. The predicted molar refractivity (Wildman–Crippen MR) is 79.3 cm³/mol. The van der Waals surface area contributed by atoms with Crippen molar-refractivity contribution in [1.82, 2.24) is 4.72 Å².